The fourth-order valence-electron chi connectivity index (χ4n) is 0.526. The quantitative estimate of drug-likeness (QED) is 0.528. The van der Waals surface area contributed by atoms with E-state index in [1.807, 2.05) is 20.8 Å². The molecule has 0 atom stereocenters. The molecule has 0 radical (unpaired) electrons. The Morgan fingerprint density at radius 3 is 2.64 bits per heavy atom. The van der Waals surface area contributed by atoms with Gasteiger partial charge in [-0.05, 0) is 26.7 Å². The van der Waals surface area contributed by atoms with Crippen molar-refractivity contribution >= 4 is 0 Å². The van der Waals surface area contributed by atoms with Gasteiger partial charge in [-0.1, -0.05) is 5.92 Å². The Hall–Kier alpha value is -1.23. The Balaban J connectivity index is 2.74. The van der Waals surface area contributed by atoms with Crippen molar-refractivity contribution in [3.63, 3.8) is 0 Å². The molecule has 0 aliphatic heterocycles. The zero-order valence-electron chi connectivity index (χ0n) is 7.01. The zero-order chi connectivity index (χ0) is 8.32. The van der Waals surface area contributed by atoms with Crippen molar-refractivity contribution in [2.24, 2.45) is 5.41 Å². The number of nitrogens with zero attached hydrogens (tertiary/aromatic N) is 1. The lowest BCUT2D eigenvalue weighted by Crippen LogP contribution is -1.99. The van der Waals surface area contributed by atoms with E-state index < -0.39 is 0 Å². The summed E-state index contributed by atoms with van der Waals surface area (Å²) in [6.45, 7) is 6.13. The van der Waals surface area contributed by atoms with E-state index in [9.17, 15) is 0 Å². The molecule has 58 valence electrons. The summed E-state index contributed by atoms with van der Waals surface area (Å²) in [5.41, 5.74) is 0.00840. The Labute approximate surface area is 66.6 Å². The van der Waals surface area contributed by atoms with Crippen molar-refractivity contribution in [3.05, 3.63) is 18.4 Å². The van der Waals surface area contributed by atoms with Crippen molar-refractivity contribution in [1.82, 2.24) is 4.98 Å². The molecule has 0 saturated carbocycles. The summed E-state index contributed by atoms with van der Waals surface area (Å²) in [4.78, 5) is 3.88. The predicted molar refractivity (Wildman–Crippen MR) is 42.8 cm³/mol. The Morgan fingerprint density at radius 1 is 1.45 bits per heavy atom. The molecular weight excluding hydrogens is 138 g/mol. The van der Waals surface area contributed by atoms with E-state index in [2.05, 4.69) is 16.8 Å². The first-order valence-electron chi connectivity index (χ1n) is 3.50. The van der Waals surface area contributed by atoms with Crippen molar-refractivity contribution in [2.45, 2.75) is 20.8 Å². The molecule has 0 bridgehead atoms. The van der Waals surface area contributed by atoms with Gasteiger partial charge in [0.25, 0.3) is 5.89 Å². The number of hydrogen-bond acceptors (Lipinski definition) is 2. The number of rotatable bonds is 0. The maximum absolute atomic E-state index is 4.94. The molecule has 0 unspecified atom stereocenters. The van der Waals surface area contributed by atoms with Crippen molar-refractivity contribution in [2.75, 3.05) is 0 Å². The van der Waals surface area contributed by atoms with Crippen LogP contribution in [0.2, 0.25) is 0 Å². The predicted octanol–water partition coefficient (Wildman–Crippen LogP) is 2.07. The molecule has 1 rings (SSSR count). The van der Waals surface area contributed by atoms with Crippen LogP contribution in [0.1, 0.15) is 26.7 Å². The largest absolute Gasteiger partial charge is 0.439 e. The highest BCUT2D eigenvalue weighted by Crippen LogP contribution is 2.10. The molecular formula is C9H11NO. The lowest BCUT2D eigenvalue weighted by molar-refractivity contribution is 0.539. The van der Waals surface area contributed by atoms with Gasteiger partial charge in [-0.2, -0.15) is 0 Å². The second-order valence-electron chi connectivity index (χ2n) is 3.34. The number of oxazole rings is 1. The molecule has 1 heterocycles. The molecule has 1 aromatic heterocycles. The second-order valence-corrected chi connectivity index (χ2v) is 3.34. The van der Waals surface area contributed by atoms with Gasteiger partial charge in [-0.25, -0.2) is 4.98 Å². The molecule has 0 aliphatic carbocycles. The summed E-state index contributed by atoms with van der Waals surface area (Å²) >= 11 is 0. The molecule has 2 heteroatoms. The zero-order valence-corrected chi connectivity index (χ0v) is 7.01. The second kappa shape index (κ2) is 2.79. The first-order valence-corrected chi connectivity index (χ1v) is 3.50. The Kier molecular flexibility index (Phi) is 2.00. The van der Waals surface area contributed by atoms with Crippen molar-refractivity contribution < 1.29 is 4.42 Å². The van der Waals surface area contributed by atoms with Gasteiger partial charge in [0, 0.05) is 5.41 Å². The maximum atomic E-state index is 4.94. The van der Waals surface area contributed by atoms with E-state index in [1.54, 1.807) is 6.20 Å². The number of hydrogen-bond donors (Lipinski definition) is 0. The third-order valence-electron chi connectivity index (χ3n) is 0.977. The Morgan fingerprint density at radius 2 is 2.18 bits per heavy atom. The maximum Gasteiger partial charge on any atom is 0.273 e. The van der Waals surface area contributed by atoms with Crippen LogP contribution in [0.25, 0.3) is 0 Å². The monoisotopic (exact) mass is 149 g/mol. The van der Waals surface area contributed by atoms with Crippen LogP contribution in [-0.2, 0) is 0 Å². The third-order valence-corrected chi connectivity index (χ3v) is 0.977. The van der Waals surface area contributed by atoms with E-state index in [4.69, 9.17) is 4.42 Å². The van der Waals surface area contributed by atoms with Crippen molar-refractivity contribution in [3.8, 4) is 11.8 Å². The van der Waals surface area contributed by atoms with Crippen LogP contribution in [0, 0.1) is 17.3 Å². The van der Waals surface area contributed by atoms with Gasteiger partial charge < -0.3 is 4.42 Å². The molecule has 0 aromatic carbocycles. The van der Waals surface area contributed by atoms with Gasteiger partial charge in [0.05, 0.1) is 6.20 Å². The summed E-state index contributed by atoms with van der Waals surface area (Å²) < 4.78 is 4.94. The average Bonchev–Trinajstić information content (AvgIpc) is 2.32. The van der Waals surface area contributed by atoms with Gasteiger partial charge >= 0.3 is 0 Å². The standard InChI is InChI=1S/C9H11NO/c1-9(2,3)5-4-8-10-6-7-11-8/h6-7H,1-3H3. The normalized spacial score (nSPS) is 10.5. The minimum Gasteiger partial charge on any atom is -0.439 e. The van der Waals surface area contributed by atoms with Crippen LogP contribution in [0.4, 0.5) is 0 Å². The van der Waals surface area contributed by atoms with Crippen LogP contribution in [0.15, 0.2) is 16.9 Å². The summed E-state index contributed by atoms with van der Waals surface area (Å²) in [5, 5.41) is 0. The topological polar surface area (TPSA) is 26.0 Å². The van der Waals surface area contributed by atoms with E-state index in [0.717, 1.165) is 0 Å². The summed E-state index contributed by atoms with van der Waals surface area (Å²) in [7, 11) is 0. The molecule has 0 N–H and O–H groups in total. The van der Waals surface area contributed by atoms with E-state index in [0.29, 0.717) is 5.89 Å². The highest BCUT2D eigenvalue weighted by atomic mass is 16.3. The molecule has 0 fully saturated rings. The lowest BCUT2D eigenvalue weighted by Gasteiger charge is -2.05. The first kappa shape index (κ1) is 7.87. The third kappa shape index (κ3) is 2.90. The summed E-state index contributed by atoms with van der Waals surface area (Å²) in [6, 6.07) is 0. The SMILES string of the molecule is CC(C)(C)C#Cc1ncco1. The van der Waals surface area contributed by atoms with Crippen LogP contribution in [0.3, 0.4) is 0 Å². The molecule has 0 aliphatic rings. The van der Waals surface area contributed by atoms with Crippen LogP contribution < -0.4 is 0 Å². The molecule has 0 spiro atoms. The van der Waals surface area contributed by atoms with Gasteiger partial charge in [0.2, 0.25) is 0 Å². The minimum atomic E-state index is 0.00840. The highest BCUT2D eigenvalue weighted by Gasteiger charge is 2.03. The van der Waals surface area contributed by atoms with Gasteiger partial charge in [-0.3, -0.25) is 0 Å². The van der Waals surface area contributed by atoms with Gasteiger partial charge in [-0.15, -0.1) is 0 Å². The van der Waals surface area contributed by atoms with Gasteiger partial charge in [0.1, 0.15) is 6.26 Å². The van der Waals surface area contributed by atoms with Crippen LogP contribution in [0.5, 0.6) is 0 Å². The van der Waals surface area contributed by atoms with Crippen LogP contribution in [-0.4, -0.2) is 4.98 Å². The average molecular weight is 149 g/mol. The minimum absolute atomic E-state index is 0.00840. The molecule has 0 amide bonds. The lowest BCUT2D eigenvalue weighted by atomic mass is 9.98. The molecule has 1 aromatic rings. The van der Waals surface area contributed by atoms with Gasteiger partial charge in [0.15, 0.2) is 0 Å². The van der Waals surface area contributed by atoms with E-state index in [-0.39, 0.29) is 5.41 Å². The molecule has 2 nitrogen and oxygen atoms in total. The smallest absolute Gasteiger partial charge is 0.273 e. The van der Waals surface area contributed by atoms with E-state index in [1.165, 1.54) is 6.26 Å². The Bertz CT molecular complexity index is 269. The van der Waals surface area contributed by atoms with E-state index >= 15 is 0 Å². The fraction of sp³-hybridized carbons (Fsp3) is 0.444. The highest BCUT2D eigenvalue weighted by molar-refractivity contribution is 5.20. The first-order chi connectivity index (χ1) is 5.08. The molecule has 11 heavy (non-hydrogen) atoms. The number of aromatic nitrogens is 1. The van der Waals surface area contributed by atoms with Crippen molar-refractivity contribution in [1.29, 1.82) is 0 Å². The van der Waals surface area contributed by atoms with Crippen LogP contribution >= 0.6 is 0 Å². The molecule has 0 saturated heterocycles. The summed E-state index contributed by atoms with van der Waals surface area (Å²) in [6.07, 6.45) is 3.11. The fourth-order valence-corrected chi connectivity index (χ4v) is 0.526. The summed E-state index contributed by atoms with van der Waals surface area (Å²) in [5.74, 6) is 6.34.